The van der Waals surface area contributed by atoms with Gasteiger partial charge in [0.1, 0.15) is 0 Å². The van der Waals surface area contributed by atoms with Gasteiger partial charge in [-0.15, -0.1) is 0 Å². The number of carbonyl (C=O) groups is 1. The van der Waals surface area contributed by atoms with Crippen LogP contribution >= 0.6 is 0 Å². The minimum atomic E-state index is 0. The van der Waals surface area contributed by atoms with Gasteiger partial charge in [0.15, 0.2) is 0 Å². The molecule has 1 heterocycles. The Labute approximate surface area is 157 Å². The van der Waals surface area contributed by atoms with Crippen LogP contribution in [0, 0.1) is 63.7 Å². The van der Waals surface area contributed by atoms with E-state index in [-0.39, 0.29) is 28.9 Å². The van der Waals surface area contributed by atoms with E-state index in [4.69, 9.17) is 0 Å². The van der Waals surface area contributed by atoms with Gasteiger partial charge in [-0.2, -0.15) is 0 Å². The molecule has 2 fully saturated rings. The third kappa shape index (κ3) is 5.50. The molecule has 10 radical (unpaired) electrons. The predicted octanol–water partition coefficient (Wildman–Crippen LogP) is 3.60. The van der Waals surface area contributed by atoms with Gasteiger partial charge in [-0.1, -0.05) is 36.4 Å². The third-order valence-corrected chi connectivity index (χ3v) is 3.80. The summed E-state index contributed by atoms with van der Waals surface area (Å²) in [7, 11) is 0. The molecule has 4 rings (SSSR count). The summed E-state index contributed by atoms with van der Waals surface area (Å²) in [5.41, 5.74) is 2.11. The first-order chi connectivity index (χ1) is 11.3. The average molecular weight is 357 g/mol. The van der Waals surface area contributed by atoms with Crippen LogP contribution in [0.15, 0.2) is 42.1 Å². The van der Waals surface area contributed by atoms with Crippen LogP contribution in [-0.2, 0) is 21.9 Å². The van der Waals surface area contributed by atoms with E-state index in [2.05, 4.69) is 23.5 Å². The molecule has 1 aromatic carbocycles. The maximum atomic E-state index is 11.8. The van der Waals surface area contributed by atoms with Gasteiger partial charge in [-0.3, -0.25) is 4.79 Å². The molecule has 2 saturated carbocycles. The van der Waals surface area contributed by atoms with Gasteiger partial charge in [0.25, 0.3) is 0 Å². The Morgan fingerprint density at radius 1 is 0.833 bits per heavy atom. The van der Waals surface area contributed by atoms with E-state index in [9.17, 15) is 4.79 Å². The molecule has 1 aromatic rings. The molecule has 0 aromatic heterocycles. The van der Waals surface area contributed by atoms with Crippen molar-refractivity contribution < 1.29 is 21.9 Å². The number of amides is 1. The van der Waals surface area contributed by atoms with E-state index < -0.39 is 0 Å². The number of hydrogen-bond donors (Lipinski definition) is 1. The van der Waals surface area contributed by atoms with E-state index in [1.165, 1.54) is 5.56 Å². The molecule has 120 valence electrons. The molecule has 0 bridgehead atoms. The Kier molecular flexibility index (Phi) is 8.08. The summed E-state index contributed by atoms with van der Waals surface area (Å²) in [6.07, 6.45) is 20.7. The number of allylic oxidation sites excluding steroid dienone is 2. The quantitative estimate of drug-likeness (QED) is 0.806. The predicted molar refractivity (Wildman–Crippen MR) is 92.0 cm³/mol. The van der Waals surface area contributed by atoms with Crippen molar-refractivity contribution in [3.8, 4) is 0 Å². The summed E-state index contributed by atoms with van der Waals surface area (Å²) in [4.78, 5) is 11.8. The topological polar surface area (TPSA) is 29.1 Å². The van der Waals surface area contributed by atoms with Crippen LogP contribution in [0.4, 0.5) is 0 Å². The van der Waals surface area contributed by atoms with Gasteiger partial charge in [0.05, 0.1) is 0 Å². The second-order valence-electron chi connectivity index (χ2n) is 5.49. The maximum Gasteiger partial charge on any atom is 2.00 e. The molecule has 1 N–H and O–H groups in total. The smallest absolute Gasteiger partial charge is 0.329 e. The van der Waals surface area contributed by atoms with Crippen LogP contribution in [0.2, 0.25) is 0 Å². The number of hydrogen-bond acceptors (Lipinski definition) is 1. The molecule has 24 heavy (non-hydrogen) atoms. The summed E-state index contributed by atoms with van der Waals surface area (Å²) in [5, 5.41) is 2.94. The zero-order valence-electron chi connectivity index (χ0n) is 13.2. The van der Waals surface area contributed by atoms with Gasteiger partial charge in [-0.05, 0) is 63.4 Å². The van der Waals surface area contributed by atoms with Gasteiger partial charge in [-0.25, -0.2) is 0 Å². The van der Waals surface area contributed by atoms with Crippen molar-refractivity contribution in [1.29, 1.82) is 0 Å². The first-order valence-corrected chi connectivity index (χ1v) is 7.78. The molecule has 2 nitrogen and oxygen atoms in total. The molecule has 3 aliphatic rings. The third-order valence-electron chi connectivity index (χ3n) is 3.80. The Balaban J connectivity index is 0.000000300. The molecule has 3 heteroatoms. The summed E-state index contributed by atoms with van der Waals surface area (Å²) in [6, 6.07) is 10.2. The van der Waals surface area contributed by atoms with Crippen LogP contribution in [0.5, 0.6) is 0 Å². The fourth-order valence-electron chi connectivity index (χ4n) is 2.66. The first kappa shape index (κ1) is 19.3. The Bertz CT molecular complexity index is 522. The summed E-state index contributed by atoms with van der Waals surface area (Å²) in [6.45, 7) is 0. The van der Waals surface area contributed by atoms with Crippen molar-refractivity contribution in [2.24, 2.45) is 0 Å². The monoisotopic (exact) mass is 357 g/mol. The fourth-order valence-corrected chi connectivity index (χ4v) is 2.66. The number of benzene rings is 1. The average Bonchev–Trinajstić information content (AvgIpc) is 3.31. The number of carbonyl (C=O) groups excluding carboxylic acids is 1. The minimum Gasteiger partial charge on any atom is -0.329 e. The first-order valence-electron chi connectivity index (χ1n) is 7.78. The Morgan fingerprint density at radius 3 is 2.00 bits per heavy atom. The fraction of sp³-hybridized carbons (Fsp3) is 0.0952. The SMILES string of the molecule is O=C1CC(c2ccccc2)C=C([C]2[CH][CH][CH][CH]2)N1.[CH]1[CH][CH][CH][CH]1.[Fe+2]. The van der Waals surface area contributed by atoms with Crippen LogP contribution in [-0.4, -0.2) is 5.91 Å². The van der Waals surface area contributed by atoms with Crippen molar-refractivity contribution in [2.45, 2.75) is 12.3 Å². The normalized spacial score (nSPS) is 23.6. The molecular formula is C21H19FeNO+2. The minimum absolute atomic E-state index is 0. The Morgan fingerprint density at radius 2 is 1.42 bits per heavy atom. The van der Waals surface area contributed by atoms with E-state index in [0.29, 0.717) is 6.42 Å². The van der Waals surface area contributed by atoms with Gasteiger partial charge >= 0.3 is 17.1 Å². The standard InChI is InChI=1S/C16H14NO.C5H5.Fe/c18-16-11-14(12-6-2-1-3-7-12)10-15(17-16)13-8-4-5-9-13;1-2-4-5-3-1;/h1-10,14H,11H2,(H,17,18);1-5H;/q;;+2. The van der Waals surface area contributed by atoms with Gasteiger partial charge < -0.3 is 5.32 Å². The number of nitrogens with one attached hydrogen (secondary N) is 1. The molecule has 0 spiro atoms. The zero-order valence-corrected chi connectivity index (χ0v) is 14.3. The summed E-state index contributed by atoms with van der Waals surface area (Å²) < 4.78 is 0. The molecule has 1 aliphatic heterocycles. The molecule has 0 saturated heterocycles. The zero-order chi connectivity index (χ0) is 15.9. The van der Waals surface area contributed by atoms with Gasteiger partial charge in [0, 0.05) is 24.0 Å². The second kappa shape index (κ2) is 10.1. The van der Waals surface area contributed by atoms with Crippen LogP contribution in [0.1, 0.15) is 17.9 Å². The second-order valence-corrected chi connectivity index (χ2v) is 5.49. The van der Waals surface area contributed by atoms with Crippen LogP contribution in [0.3, 0.4) is 0 Å². The summed E-state index contributed by atoms with van der Waals surface area (Å²) >= 11 is 0. The Hall–Kier alpha value is -1.05. The maximum absolute atomic E-state index is 11.8. The summed E-state index contributed by atoms with van der Waals surface area (Å²) in [5.74, 6) is 1.33. The molecule has 1 atom stereocenters. The van der Waals surface area contributed by atoms with Crippen molar-refractivity contribution in [3.63, 3.8) is 0 Å². The van der Waals surface area contributed by atoms with E-state index >= 15 is 0 Å². The molecular weight excluding hydrogens is 338 g/mol. The van der Waals surface area contributed by atoms with Crippen molar-refractivity contribution >= 4 is 5.91 Å². The molecule has 1 unspecified atom stereocenters. The molecule has 1 amide bonds. The van der Waals surface area contributed by atoms with Crippen molar-refractivity contribution in [1.82, 2.24) is 5.32 Å². The largest absolute Gasteiger partial charge is 2.00 e. The van der Waals surface area contributed by atoms with Crippen molar-refractivity contribution in [2.75, 3.05) is 0 Å². The van der Waals surface area contributed by atoms with E-state index in [1.54, 1.807) is 0 Å². The van der Waals surface area contributed by atoms with Crippen LogP contribution < -0.4 is 5.32 Å². The van der Waals surface area contributed by atoms with Crippen molar-refractivity contribution in [3.05, 3.63) is 111 Å². The van der Waals surface area contributed by atoms with E-state index in [0.717, 1.165) is 11.6 Å². The molecule has 2 aliphatic carbocycles. The van der Waals surface area contributed by atoms with E-state index in [1.807, 2.05) is 76.0 Å². The van der Waals surface area contributed by atoms with Crippen LogP contribution in [0.25, 0.3) is 0 Å². The number of rotatable bonds is 2. The van der Waals surface area contributed by atoms with Gasteiger partial charge in [0.2, 0.25) is 5.91 Å².